The third kappa shape index (κ3) is 5.49. The van der Waals surface area contributed by atoms with Gasteiger partial charge in [-0.15, -0.1) is 0 Å². The van der Waals surface area contributed by atoms with Crippen LogP contribution in [0.25, 0.3) is 0 Å². The molecule has 2 aromatic rings. The van der Waals surface area contributed by atoms with E-state index in [0.29, 0.717) is 11.8 Å². The van der Waals surface area contributed by atoms with Crippen LogP contribution in [0.4, 0.5) is 0 Å². The zero-order valence-corrected chi connectivity index (χ0v) is 16.4. The van der Waals surface area contributed by atoms with Crippen LogP contribution in [0, 0.1) is 13.8 Å². The van der Waals surface area contributed by atoms with Gasteiger partial charge in [0.25, 0.3) is 0 Å². The number of rotatable bonds is 4. The second-order valence-electron chi connectivity index (χ2n) is 7.17. The van der Waals surface area contributed by atoms with Crippen molar-refractivity contribution in [2.24, 2.45) is 0 Å². The van der Waals surface area contributed by atoms with Crippen LogP contribution in [-0.4, -0.2) is 5.11 Å². The highest BCUT2D eigenvalue weighted by Crippen LogP contribution is 2.26. The standard InChI is InChI=1S/C12H18O.C11H16/c1-4-12(13)11-8-6-5-7-10(11)9(2)3;1-8(2)11-9(3)6-5-7-10(11)4/h5-9,12-13H,4H2,1-3H3;5-8H,1-4H3. The van der Waals surface area contributed by atoms with Crippen LogP contribution in [0.3, 0.4) is 0 Å². The first-order valence-corrected chi connectivity index (χ1v) is 9.12. The molecule has 1 nitrogen and oxygen atoms in total. The zero-order chi connectivity index (χ0) is 18.3. The zero-order valence-electron chi connectivity index (χ0n) is 16.4. The molecule has 0 amide bonds. The topological polar surface area (TPSA) is 20.2 Å². The monoisotopic (exact) mass is 326 g/mol. The quantitative estimate of drug-likeness (QED) is 0.664. The number of hydrogen-bond donors (Lipinski definition) is 1. The summed E-state index contributed by atoms with van der Waals surface area (Å²) < 4.78 is 0. The Bertz CT molecular complexity index is 605. The predicted octanol–water partition coefficient (Wildman–Crippen LogP) is 6.68. The van der Waals surface area contributed by atoms with Crippen molar-refractivity contribution >= 4 is 0 Å². The van der Waals surface area contributed by atoms with Crippen molar-refractivity contribution in [1.29, 1.82) is 0 Å². The number of hydrogen-bond acceptors (Lipinski definition) is 1. The van der Waals surface area contributed by atoms with E-state index >= 15 is 0 Å². The molecule has 0 aliphatic carbocycles. The highest BCUT2D eigenvalue weighted by Gasteiger charge is 2.11. The molecule has 0 spiro atoms. The van der Waals surface area contributed by atoms with Crippen LogP contribution in [0.5, 0.6) is 0 Å². The van der Waals surface area contributed by atoms with Crippen molar-refractivity contribution in [3.8, 4) is 0 Å². The van der Waals surface area contributed by atoms with Gasteiger partial charge in [0.15, 0.2) is 0 Å². The fourth-order valence-corrected chi connectivity index (χ4v) is 3.30. The Hall–Kier alpha value is -1.60. The smallest absolute Gasteiger partial charge is 0.0790 e. The van der Waals surface area contributed by atoms with E-state index in [0.717, 1.165) is 12.0 Å². The van der Waals surface area contributed by atoms with Gasteiger partial charge in [0, 0.05) is 0 Å². The van der Waals surface area contributed by atoms with Crippen molar-refractivity contribution < 1.29 is 5.11 Å². The van der Waals surface area contributed by atoms with Gasteiger partial charge in [-0.3, -0.25) is 0 Å². The molecule has 1 heteroatoms. The minimum absolute atomic E-state index is 0.307. The molecule has 0 bridgehead atoms. The van der Waals surface area contributed by atoms with Gasteiger partial charge in [-0.05, 0) is 59.9 Å². The van der Waals surface area contributed by atoms with Gasteiger partial charge in [-0.1, -0.05) is 77.1 Å². The van der Waals surface area contributed by atoms with Gasteiger partial charge < -0.3 is 5.11 Å². The Labute approximate surface area is 148 Å². The predicted molar refractivity (Wildman–Crippen MR) is 106 cm³/mol. The van der Waals surface area contributed by atoms with Gasteiger partial charge >= 0.3 is 0 Å². The molecule has 1 unspecified atom stereocenters. The van der Waals surface area contributed by atoms with E-state index in [2.05, 4.69) is 65.8 Å². The summed E-state index contributed by atoms with van der Waals surface area (Å²) in [4.78, 5) is 0. The SMILES string of the molecule is CCC(O)c1ccccc1C(C)C.Cc1cccc(C)c1C(C)C. The molecule has 0 saturated carbocycles. The lowest BCUT2D eigenvalue weighted by Gasteiger charge is -2.16. The van der Waals surface area contributed by atoms with Crippen LogP contribution in [0.15, 0.2) is 42.5 Å². The summed E-state index contributed by atoms with van der Waals surface area (Å²) in [7, 11) is 0. The molecule has 0 aliphatic heterocycles. The van der Waals surface area contributed by atoms with Crippen LogP contribution >= 0.6 is 0 Å². The number of aryl methyl sites for hydroxylation is 2. The Morgan fingerprint density at radius 2 is 1.25 bits per heavy atom. The van der Waals surface area contributed by atoms with E-state index in [1.807, 2.05) is 25.1 Å². The maximum atomic E-state index is 9.76. The lowest BCUT2D eigenvalue weighted by molar-refractivity contribution is 0.172. The molecule has 2 rings (SSSR count). The summed E-state index contributed by atoms with van der Waals surface area (Å²) in [5, 5.41) is 9.76. The molecule has 0 radical (unpaired) electrons. The molecule has 2 aromatic carbocycles. The lowest BCUT2D eigenvalue weighted by Crippen LogP contribution is -2.01. The molecular formula is C23H34O. The third-order valence-electron chi connectivity index (χ3n) is 4.48. The first-order chi connectivity index (χ1) is 11.3. The highest BCUT2D eigenvalue weighted by atomic mass is 16.3. The molecule has 1 atom stereocenters. The fourth-order valence-electron chi connectivity index (χ4n) is 3.30. The van der Waals surface area contributed by atoms with Crippen molar-refractivity contribution in [2.75, 3.05) is 0 Å². The van der Waals surface area contributed by atoms with Crippen molar-refractivity contribution in [2.45, 2.75) is 72.8 Å². The number of benzene rings is 2. The average Bonchev–Trinajstić information content (AvgIpc) is 2.54. The maximum absolute atomic E-state index is 9.76. The van der Waals surface area contributed by atoms with Crippen LogP contribution in [0.1, 0.15) is 86.8 Å². The van der Waals surface area contributed by atoms with Crippen LogP contribution < -0.4 is 0 Å². The molecule has 0 saturated heterocycles. The fraction of sp³-hybridized carbons (Fsp3) is 0.478. The summed E-state index contributed by atoms with van der Waals surface area (Å²) in [6.45, 7) is 15.2. The summed E-state index contributed by atoms with van der Waals surface area (Å²) in [6, 6.07) is 14.6. The Morgan fingerprint density at radius 1 is 0.750 bits per heavy atom. The second kappa shape index (κ2) is 9.64. The summed E-state index contributed by atoms with van der Waals surface area (Å²) in [5.74, 6) is 1.13. The first-order valence-electron chi connectivity index (χ1n) is 9.12. The van der Waals surface area contributed by atoms with Crippen LogP contribution in [0.2, 0.25) is 0 Å². The van der Waals surface area contributed by atoms with E-state index in [9.17, 15) is 5.11 Å². The summed E-state index contributed by atoms with van der Waals surface area (Å²) >= 11 is 0. The minimum atomic E-state index is -0.307. The second-order valence-corrected chi connectivity index (χ2v) is 7.17. The Kier molecular flexibility index (Phi) is 8.21. The van der Waals surface area contributed by atoms with Gasteiger partial charge in [0.1, 0.15) is 0 Å². The number of aliphatic hydroxyl groups is 1. The molecule has 132 valence electrons. The van der Waals surface area contributed by atoms with E-state index in [-0.39, 0.29) is 6.10 Å². The van der Waals surface area contributed by atoms with Crippen molar-refractivity contribution in [3.05, 3.63) is 70.3 Å². The first kappa shape index (κ1) is 20.4. The van der Waals surface area contributed by atoms with E-state index < -0.39 is 0 Å². The molecule has 24 heavy (non-hydrogen) atoms. The average molecular weight is 327 g/mol. The molecule has 1 N–H and O–H groups in total. The summed E-state index contributed by atoms with van der Waals surface area (Å²) in [6.07, 6.45) is 0.475. The molecule has 0 heterocycles. The summed E-state index contributed by atoms with van der Waals surface area (Å²) in [5.41, 5.74) is 6.68. The minimum Gasteiger partial charge on any atom is -0.388 e. The molecule has 0 aromatic heterocycles. The lowest BCUT2D eigenvalue weighted by atomic mass is 9.93. The van der Waals surface area contributed by atoms with Crippen LogP contribution in [-0.2, 0) is 0 Å². The van der Waals surface area contributed by atoms with Gasteiger partial charge in [0.05, 0.1) is 6.10 Å². The van der Waals surface area contributed by atoms with E-state index in [1.54, 1.807) is 0 Å². The van der Waals surface area contributed by atoms with Crippen molar-refractivity contribution in [3.63, 3.8) is 0 Å². The largest absolute Gasteiger partial charge is 0.388 e. The Morgan fingerprint density at radius 3 is 1.62 bits per heavy atom. The van der Waals surface area contributed by atoms with Gasteiger partial charge in [-0.2, -0.15) is 0 Å². The van der Waals surface area contributed by atoms with Crippen molar-refractivity contribution in [1.82, 2.24) is 0 Å². The normalized spacial score (nSPS) is 12.1. The van der Waals surface area contributed by atoms with Gasteiger partial charge in [-0.25, -0.2) is 0 Å². The molecular weight excluding hydrogens is 292 g/mol. The van der Waals surface area contributed by atoms with E-state index in [1.165, 1.54) is 22.3 Å². The Balaban J connectivity index is 0.000000243. The number of aliphatic hydroxyl groups excluding tert-OH is 1. The molecule has 0 fully saturated rings. The molecule has 0 aliphatic rings. The third-order valence-corrected chi connectivity index (χ3v) is 4.48. The van der Waals surface area contributed by atoms with Gasteiger partial charge in [0.2, 0.25) is 0 Å². The van der Waals surface area contributed by atoms with E-state index in [4.69, 9.17) is 0 Å². The highest BCUT2D eigenvalue weighted by molar-refractivity contribution is 5.35. The maximum Gasteiger partial charge on any atom is 0.0790 e.